The maximum absolute atomic E-state index is 13.1. The first-order valence-corrected chi connectivity index (χ1v) is 9.39. The minimum Gasteiger partial charge on any atom is -0.384 e. The molecule has 4 heterocycles. The number of amides is 1. The van der Waals surface area contributed by atoms with Gasteiger partial charge in [0.2, 0.25) is 0 Å². The number of aromatic nitrogens is 3. The summed E-state index contributed by atoms with van der Waals surface area (Å²) in [7, 11) is 0. The van der Waals surface area contributed by atoms with Gasteiger partial charge < -0.3 is 16.0 Å². The topological polar surface area (TPSA) is 97.0 Å². The summed E-state index contributed by atoms with van der Waals surface area (Å²) in [6.07, 6.45) is 4.40. The highest BCUT2D eigenvalue weighted by Crippen LogP contribution is 2.33. The van der Waals surface area contributed by atoms with Crippen molar-refractivity contribution in [3.63, 3.8) is 0 Å². The average molecular weight is 392 g/mol. The number of nitrogens with one attached hydrogen (secondary N) is 1. The molecule has 8 heteroatoms. The van der Waals surface area contributed by atoms with Gasteiger partial charge in [0, 0.05) is 24.1 Å². The fourth-order valence-electron chi connectivity index (χ4n) is 3.55. The second-order valence-corrected chi connectivity index (χ2v) is 7.04. The molecule has 7 nitrogen and oxygen atoms in total. The van der Waals surface area contributed by atoms with E-state index in [1.54, 1.807) is 18.2 Å². The molecule has 3 N–H and O–H groups in total. The summed E-state index contributed by atoms with van der Waals surface area (Å²) in [6, 6.07) is 9.92. The lowest BCUT2D eigenvalue weighted by Crippen LogP contribution is -2.31. The van der Waals surface area contributed by atoms with Gasteiger partial charge in [0.15, 0.2) is 0 Å². The molecule has 148 valence electrons. The van der Waals surface area contributed by atoms with Crippen molar-refractivity contribution in [2.45, 2.75) is 25.8 Å². The third-order valence-electron chi connectivity index (χ3n) is 4.86. The molecule has 4 rings (SSSR count). The minimum atomic E-state index is -0.389. The Kier molecular flexibility index (Phi) is 5.07. The highest BCUT2D eigenvalue weighted by Gasteiger charge is 2.32. The van der Waals surface area contributed by atoms with Crippen LogP contribution in [0.25, 0.3) is 0 Å². The highest BCUT2D eigenvalue weighted by atomic mass is 19.1. The van der Waals surface area contributed by atoms with Gasteiger partial charge in [-0.2, -0.15) is 0 Å². The van der Waals surface area contributed by atoms with Crippen LogP contribution in [0.15, 0.2) is 48.8 Å². The Bertz CT molecular complexity index is 1020. The molecular weight excluding hydrogens is 371 g/mol. The second-order valence-electron chi connectivity index (χ2n) is 7.04. The predicted octanol–water partition coefficient (Wildman–Crippen LogP) is 3.62. The first-order valence-electron chi connectivity index (χ1n) is 9.39. The summed E-state index contributed by atoms with van der Waals surface area (Å²) in [5.74, 6) is 0.442. The van der Waals surface area contributed by atoms with Crippen LogP contribution in [-0.2, 0) is 0 Å². The number of likely N-dealkylation sites (tertiary alicyclic amines) is 1. The zero-order valence-corrected chi connectivity index (χ0v) is 16.0. The third kappa shape index (κ3) is 4.16. The number of rotatable bonds is 4. The van der Waals surface area contributed by atoms with Crippen molar-refractivity contribution in [1.82, 2.24) is 19.9 Å². The molecule has 0 saturated carbocycles. The van der Waals surface area contributed by atoms with Crippen LogP contribution >= 0.6 is 0 Å². The molecule has 1 atom stereocenters. The molecule has 0 spiro atoms. The second kappa shape index (κ2) is 7.83. The minimum absolute atomic E-state index is 0.0852. The molecule has 1 aliphatic heterocycles. The van der Waals surface area contributed by atoms with Crippen molar-refractivity contribution in [1.29, 1.82) is 0 Å². The Hall–Kier alpha value is -3.55. The zero-order valence-electron chi connectivity index (χ0n) is 16.0. The van der Waals surface area contributed by atoms with Gasteiger partial charge in [-0.3, -0.25) is 9.78 Å². The molecule has 3 aromatic heterocycles. The number of nitrogens with two attached hydrogens (primary N) is 1. The van der Waals surface area contributed by atoms with E-state index < -0.39 is 0 Å². The monoisotopic (exact) mass is 392 g/mol. The molecule has 29 heavy (non-hydrogen) atoms. The predicted molar refractivity (Wildman–Crippen MR) is 108 cm³/mol. The highest BCUT2D eigenvalue weighted by molar-refractivity contribution is 5.94. The number of anilines is 3. The number of carbonyl (C=O) groups is 1. The number of pyridine rings is 3. The molecule has 0 aliphatic carbocycles. The first kappa shape index (κ1) is 18.8. The molecule has 1 fully saturated rings. The Morgan fingerprint density at radius 3 is 2.79 bits per heavy atom. The van der Waals surface area contributed by atoms with Gasteiger partial charge in [-0.05, 0) is 56.2 Å². The van der Waals surface area contributed by atoms with Gasteiger partial charge >= 0.3 is 0 Å². The van der Waals surface area contributed by atoms with Gasteiger partial charge in [-0.15, -0.1) is 0 Å². The number of nitrogens with zero attached hydrogens (tertiary/aromatic N) is 4. The van der Waals surface area contributed by atoms with Crippen molar-refractivity contribution in [3.05, 3.63) is 71.6 Å². The van der Waals surface area contributed by atoms with Crippen molar-refractivity contribution in [2.75, 3.05) is 17.6 Å². The number of carbonyl (C=O) groups excluding carboxylic acids is 1. The summed E-state index contributed by atoms with van der Waals surface area (Å²) in [6.45, 7) is 2.56. The molecule has 0 bridgehead atoms. The molecule has 1 saturated heterocycles. The van der Waals surface area contributed by atoms with Crippen molar-refractivity contribution >= 4 is 23.2 Å². The van der Waals surface area contributed by atoms with Crippen LogP contribution < -0.4 is 11.1 Å². The summed E-state index contributed by atoms with van der Waals surface area (Å²) in [4.78, 5) is 27.5. The van der Waals surface area contributed by atoms with Crippen LogP contribution in [0, 0.1) is 12.7 Å². The van der Waals surface area contributed by atoms with Crippen LogP contribution in [0.3, 0.4) is 0 Å². The van der Waals surface area contributed by atoms with Gasteiger partial charge in [-0.25, -0.2) is 14.4 Å². The summed E-state index contributed by atoms with van der Waals surface area (Å²) < 4.78 is 13.1. The number of nitrogen functional groups attached to an aromatic ring is 1. The van der Waals surface area contributed by atoms with Crippen molar-refractivity contribution in [3.8, 4) is 0 Å². The lowest BCUT2D eigenvalue weighted by Gasteiger charge is -2.25. The standard InChI is InChI=1S/C21H21FN6O/c1-13-9-16(27-20-7-5-15(22)12-25-20)10-17(26-13)18-3-2-8-28(18)21(29)14-4-6-19(23)24-11-14/h4-7,9-12,18H,2-3,8H2,1H3,(H2,23,24)(H,25,26,27)/t18-/m0/s1. The summed E-state index contributed by atoms with van der Waals surface area (Å²) in [5.41, 5.74) is 8.55. The largest absolute Gasteiger partial charge is 0.384 e. The Balaban J connectivity index is 1.59. The van der Waals surface area contributed by atoms with Crippen LogP contribution in [-0.4, -0.2) is 32.3 Å². The normalized spacial score (nSPS) is 16.1. The zero-order chi connectivity index (χ0) is 20.4. The molecular formula is C21H21FN6O. The SMILES string of the molecule is Cc1cc(Nc2ccc(F)cn2)cc([C@@H]2CCCN2C(=O)c2ccc(N)nc2)n1. The summed E-state index contributed by atoms with van der Waals surface area (Å²) in [5, 5.41) is 3.17. The van der Waals surface area contributed by atoms with Gasteiger partial charge in [0.05, 0.1) is 23.5 Å². The van der Waals surface area contributed by atoms with Crippen molar-refractivity contribution < 1.29 is 9.18 Å². The average Bonchev–Trinajstić information content (AvgIpc) is 3.19. The Morgan fingerprint density at radius 2 is 2.07 bits per heavy atom. The van der Waals surface area contributed by atoms with E-state index in [2.05, 4.69) is 20.3 Å². The molecule has 3 aromatic rings. The smallest absolute Gasteiger partial charge is 0.255 e. The van der Waals surface area contributed by atoms with Crippen LogP contribution in [0.2, 0.25) is 0 Å². The van der Waals surface area contributed by atoms with Crippen LogP contribution in [0.4, 0.5) is 21.7 Å². The summed E-state index contributed by atoms with van der Waals surface area (Å²) >= 11 is 0. The van der Waals surface area contributed by atoms with Crippen LogP contribution in [0.5, 0.6) is 0 Å². The Morgan fingerprint density at radius 1 is 1.21 bits per heavy atom. The van der Waals surface area contributed by atoms with E-state index in [0.29, 0.717) is 23.7 Å². The number of hydrogen-bond acceptors (Lipinski definition) is 6. The maximum Gasteiger partial charge on any atom is 0.255 e. The number of halogens is 1. The van der Waals surface area contributed by atoms with E-state index in [4.69, 9.17) is 5.73 Å². The molecule has 0 aromatic carbocycles. The first-order chi connectivity index (χ1) is 14.0. The van der Waals surface area contributed by atoms with Gasteiger partial charge in [0.25, 0.3) is 5.91 Å². The van der Waals surface area contributed by atoms with E-state index in [1.807, 2.05) is 24.0 Å². The van der Waals surface area contributed by atoms with E-state index >= 15 is 0 Å². The lowest BCUT2D eigenvalue weighted by atomic mass is 10.1. The quantitative estimate of drug-likeness (QED) is 0.704. The maximum atomic E-state index is 13.1. The third-order valence-corrected chi connectivity index (χ3v) is 4.86. The van der Waals surface area contributed by atoms with Crippen molar-refractivity contribution in [2.24, 2.45) is 0 Å². The molecule has 0 radical (unpaired) electrons. The fraction of sp³-hybridized carbons (Fsp3) is 0.238. The van der Waals surface area contributed by atoms with E-state index in [0.717, 1.165) is 36.1 Å². The molecule has 1 aliphatic rings. The number of hydrogen-bond donors (Lipinski definition) is 2. The fourth-order valence-corrected chi connectivity index (χ4v) is 3.55. The molecule has 1 amide bonds. The van der Waals surface area contributed by atoms with E-state index in [1.165, 1.54) is 12.3 Å². The van der Waals surface area contributed by atoms with E-state index in [9.17, 15) is 9.18 Å². The van der Waals surface area contributed by atoms with Gasteiger partial charge in [-0.1, -0.05) is 0 Å². The molecule has 0 unspecified atom stereocenters. The Labute approximate surface area is 167 Å². The van der Waals surface area contributed by atoms with Gasteiger partial charge in [0.1, 0.15) is 17.5 Å². The number of aryl methyl sites for hydroxylation is 1. The van der Waals surface area contributed by atoms with E-state index in [-0.39, 0.29) is 17.8 Å². The lowest BCUT2D eigenvalue weighted by molar-refractivity contribution is 0.0732. The van der Waals surface area contributed by atoms with Crippen LogP contribution in [0.1, 0.15) is 40.6 Å².